The maximum absolute atomic E-state index is 12.1. The zero-order valence-electron chi connectivity index (χ0n) is 9.77. The number of rotatable bonds is 3. The van der Waals surface area contributed by atoms with E-state index in [-0.39, 0.29) is 5.91 Å². The van der Waals surface area contributed by atoms with Gasteiger partial charge in [0.25, 0.3) is 5.91 Å². The number of nitrogens with zero attached hydrogens (tertiary/aromatic N) is 1. The van der Waals surface area contributed by atoms with Crippen molar-refractivity contribution in [1.82, 2.24) is 4.90 Å². The number of carbonyl (C=O) groups is 1. The molecule has 1 amide bonds. The van der Waals surface area contributed by atoms with E-state index in [1.54, 1.807) is 22.3 Å². The minimum atomic E-state index is 0.0307. The monoisotopic (exact) mass is 266 g/mol. The van der Waals surface area contributed by atoms with Gasteiger partial charge in [0.15, 0.2) is 0 Å². The SMILES string of the molecule is Cc1sc(C(=O)N(C)Cc2cccs2)cc1N. The van der Waals surface area contributed by atoms with Crippen LogP contribution in [0.1, 0.15) is 19.4 Å². The van der Waals surface area contributed by atoms with Crippen LogP contribution in [0.3, 0.4) is 0 Å². The van der Waals surface area contributed by atoms with Crippen molar-refractivity contribution in [3.8, 4) is 0 Å². The number of nitrogens with two attached hydrogens (primary N) is 1. The Morgan fingerprint density at radius 1 is 1.53 bits per heavy atom. The Morgan fingerprint density at radius 3 is 2.82 bits per heavy atom. The summed E-state index contributed by atoms with van der Waals surface area (Å²) in [6.45, 7) is 2.57. The first-order valence-electron chi connectivity index (χ1n) is 5.21. The lowest BCUT2D eigenvalue weighted by Gasteiger charge is -2.14. The summed E-state index contributed by atoms with van der Waals surface area (Å²) in [4.78, 5) is 16.7. The van der Waals surface area contributed by atoms with Crippen molar-refractivity contribution in [3.05, 3.63) is 38.2 Å². The molecule has 0 aromatic carbocycles. The van der Waals surface area contributed by atoms with Crippen LogP contribution in [0.25, 0.3) is 0 Å². The molecule has 17 heavy (non-hydrogen) atoms. The van der Waals surface area contributed by atoms with Crippen LogP contribution >= 0.6 is 22.7 Å². The van der Waals surface area contributed by atoms with Crippen molar-refractivity contribution < 1.29 is 4.79 Å². The molecular weight excluding hydrogens is 252 g/mol. The standard InChI is InChI=1S/C12H14N2OS2/c1-8-10(13)6-11(17-8)12(15)14(2)7-9-4-3-5-16-9/h3-6H,7,13H2,1-2H3. The number of nitrogen functional groups attached to an aromatic ring is 1. The fraction of sp³-hybridized carbons (Fsp3) is 0.250. The molecule has 3 nitrogen and oxygen atoms in total. The molecule has 90 valence electrons. The molecule has 2 aromatic heterocycles. The van der Waals surface area contributed by atoms with Crippen LogP contribution < -0.4 is 5.73 Å². The van der Waals surface area contributed by atoms with Crippen molar-refractivity contribution >= 4 is 34.3 Å². The van der Waals surface area contributed by atoms with Gasteiger partial charge < -0.3 is 10.6 Å². The third-order valence-corrected chi connectivity index (χ3v) is 4.40. The Kier molecular flexibility index (Phi) is 3.49. The van der Waals surface area contributed by atoms with E-state index in [1.807, 2.05) is 31.5 Å². The highest BCUT2D eigenvalue weighted by Crippen LogP contribution is 2.25. The molecule has 0 saturated carbocycles. The fourth-order valence-electron chi connectivity index (χ4n) is 1.50. The van der Waals surface area contributed by atoms with Gasteiger partial charge in [-0.1, -0.05) is 6.07 Å². The summed E-state index contributed by atoms with van der Waals surface area (Å²) in [7, 11) is 1.81. The molecule has 0 atom stereocenters. The van der Waals surface area contributed by atoms with Gasteiger partial charge in [0.2, 0.25) is 0 Å². The van der Waals surface area contributed by atoms with Gasteiger partial charge in [-0.2, -0.15) is 0 Å². The number of aryl methyl sites for hydroxylation is 1. The first-order valence-corrected chi connectivity index (χ1v) is 6.91. The van der Waals surface area contributed by atoms with Crippen LogP contribution in [0.15, 0.2) is 23.6 Å². The molecule has 0 spiro atoms. The molecule has 0 unspecified atom stereocenters. The van der Waals surface area contributed by atoms with Gasteiger partial charge in [-0.15, -0.1) is 22.7 Å². The van der Waals surface area contributed by atoms with E-state index in [9.17, 15) is 4.79 Å². The molecule has 2 heterocycles. The minimum Gasteiger partial charge on any atom is -0.398 e. The largest absolute Gasteiger partial charge is 0.398 e. The van der Waals surface area contributed by atoms with Crippen LogP contribution in [0.2, 0.25) is 0 Å². The predicted octanol–water partition coefficient (Wildman–Crippen LogP) is 2.97. The molecule has 0 aliphatic carbocycles. The van der Waals surface area contributed by atoms with Crippen LogP contribution in [0.4, 0.5) is 5.69 Å². The summed E-state index contributed by atoms with van der Waals surface area (Å²) < 4.78 is 0. The summed E-state index contributed by atoms with van der Waals surface area (Å²) >= 11 is 3.11. The second-order valence-corrected chi connectivity index (χ2v) is 6.15. The lowest BCUT2D eigenvalue weighted by Crippen LogP contribution is -2.24. The van der Waals surface area contributed by atoms with E-state index in [0.29, 0.717) is 17.1 Å². The molecule has 2 N–H and O–H groups in total. The first-order chi connectivity index (χ1) is 8.08. The molecule has 2 aromatic rings. The lowest BCUT2D eigenvalue weighted by atomic mass is 10.3. The van der Waals surface area contributed by atoms with Crippen LogP contribution in [-0.2, 0) is 6.54 Å². The molecule has 0 bridgehead atoms. The Bertz CT molecular complexity index is 497. The van der Waals surface area contributed by atoms with Crippen LogP contribution in [0.5, 0.6) is 0 Å². The molecule has 0 radical (unpaired) electrons. The van der Waals surface area contributed by atoms with Crippen molar-refractivity contribution in [2.75, 3.05) is 12.8 Å². The summed E-state index contributed by atoms with van der Waals surface area (Å²) in [6, 6.07) is 5.78. The Morgan fingerprint density at radius 2 is 2.29 bits per heavy atom. The number of thiophene rings is 2. The molecular formula is C12H14N2OS2. The fourth-order valence-corrected chi connectivity index (χ4v) is 3.19. The maximum Gasteiger partial charge on any atom is 0.264 e. The number of hydrogen-bond acceptors (Lipinski definition) is 4. The second kappa shape index (κ2) is 4.89. The van der Waals surface area contributed by atoms with E-state index in [4.69, 9.17) is 5.73 Å². The third-order valence-electron chi connectivity index (χ3n) is 2.49. The number of carbonyl (C=O) groups excluding carboxylic acids is 1. The van der Waals surface area contributed by atoms with E-state index < -0.39 is 0 Å². The number of amides is 1. The van der Waals surface area contributed by atoms with Crippen molar-refractivity contribution in [2.24, 2.45) is 0 Å². The lowest BCUT2D eigenvalue weighted by molar-refractivity contribution is 0.0791. The number of hydrogen-bond donors (Lipinski definition) is 1. The van der Waals surface area contributed by atoms with Crippen molar-refractivity contribution in [2.45, 2.75) is 13.5 Å². The van der Waals surface area contributed by atoms with Gasteiger partial charge in [-0.25, -0.2) is 0 Å². The van der Waals surface area contributed by atoms with E-state index in [0.717, 1.165) is 4.88 Å². The van der Waals surface area contributed by atoms with Gasteiger partial charge in [-0.05, 0) is 24.4 Å². The topological polar surface area (TPSA) is 46.3 Å². The maximum atomic E-state index is 12.1. The summed E-state index contributed by atoms with van der Waals surface area (Å²) in [5, 5.41) is 2.01. The predicted molar refractivity (Wildman–Crippen MR) is 73.6 cm³/mol. The number of anilines is 1. The third kappa shape index (κ3) is 2.68. The normalized spacial score (nSPS) is 10.5. The van der Waals surface area contributed by atoms with E-state index in [2.05, 4.69) is 0 Å². The van der Waals surface area contributed by atoms with Gasteiger partial charge in [0.05, 0.1) is 11.4 Å². The Labute approximate surface area is 108 Å². The van der Waals surface area contributed by atoms with Gasteiger partial charge in [0.1, 0.15) is 0 Å². The zero-order chi connectivity index (χ0) is 12.4. The molecule has 0 aliphatic rings. The smallest absolute Gasteiger partial charge is 0.264 e. The van der Waals surface area contributed by atoms with Crippen LogP contribution in [0, 0.1) is 6.92 Å². The first kappa shape index (κ1) is 12.1. The highest BCUT2D eigenvalue weighted by Gasteiger charge is 2.15. The highest BCUT2D eigenvalue weighted by molar-refractivity contribution is 7.14. The molecule has 5 heteroatoms. The summed E-state index contributed by atoms with van der Waals surface area (Å²) in [5.41, 5.74) is 6.45. The average Bonchev–Trinajstić information content (AvgIpc) is 2.89. The van der Waals surface area contributed by atoms with Crippen molar-refractivity contribution in [1.29, 1.82) is 0 Å². The second-order valence-electron chi connectivity index (χ2n) is 3.86. The van der Waals surface area contributed by atoms with Gasteiger partial charge >= 0.3 is 0 Å². The quantitative estimate of drug-likeness (QED) is 0.928. The molecule has 0 fully saturated rings. The zero-order valence-corrected chi connectivity index (χ0v) is 11.4. The molecule has 0 aliphatic heterocycles. The van der Waals surface area contributed by atoms with E-state index in [1.165, 1.54) is 16.2 Å². The van der Waals surface area contributed by atoms with Gasteiger partial charge in [0, 0.05) is 22.5 Å². The summed E-state index contributed by atoms with van der Waals surface area (Å²) in [5.74, 6) is 0.0307. The van der Waals surface area contributed by atoms with E-state index >= 15 is 0 Å². The van der Waals surface area contributed by atoms with Gasteiger partial charge in [-0.3, -0.25) is 4.79 Å². The average molecular weight is 266 g/mol. The molecule has 2 rings (SSSR count). The Hall–Kier alpha value is -1.33. The van der Waals surface area contributed by atoms with Crippen LogP contribution in [-0.4, -0.2) is 17.9 Å². The highest BCUT2D eigenvalue weighted by atomic mass is 32.1. The Balaban J connectivity index is 2.09. The minimum absolute atomic E-state index is 0.0307. The molecule has 0 saturated heterocycles. The summed E-state index contributed by atoms with van der Waals surface area (Å²) in [6.07, 6.45) is 0. The van der Waals surface area contributed by atoms with Crippen molar-refractivity contribution in [3.63, 3.8) is 0 Å².